The van der Waals surface area contributed by atoms with Gasteiger partial charge in [-0.05, 0) is 42.5 Å². The van der Waals surface area contributed by atoms with Crippen molar-refractivity contribution in [3.63, 3.8) is 0 Å². The number of nitrogens with zero attached hydrogens (tertiary/aromatic N) is 1. The molecule has 1 fully saturated rings. The van der Waals surface area contributed by atoms with Crippen molar-refractivity contribution in [2.75, 3.05) is 0 Å². The molecule has 1 saturated carbocycles. The molecule has 1 aliphatic carbocycles. The van der Waals surface area contributed by atoms with Crippen molar-refractivity contribution in [3.05, 3.63) is 29.6 Å². The first-order valence-electron chi connectivity index (χ1n) is 5.39. The summed E-state index contributed by atoms with van der Waals surface area (Å²) in [5.74, 6) is 1.30. The average molecular weight is 204 g/mol. The minimum absolute atomic E-state index is 0.171. The van der Waals surface area contributed by atoms with E-state index in [2.05, 4.69) is 4.99 Å². The van der Waals surface area contributed by atoms with Gasteiger partial charge in [-0.3, -0.25) is 0 Å². The maximum Gasteiger partial charge on any atom is 0.123 e. The highest BCUT2D eigenvalue weighted by Gasteiger charge is 2.35. The number of nitrogens with two attached hydrogens (primary N) is 1. The van der Waals surface area contributed by atoms with Crippen LogP contribution in [0.4, 0.5) is 10.1 Å². The minimum Gasteiger partial charge on any atom is -0.387 e. The lowest BCUT2D eigenvalue weighted by molar-refractivity contribution is 0.589. The second kappa shape index (κ2) is 3.05. The number of amidine groups is 1. The first-order valence-corrected chi connectivity index (χ1v) is 5.39. The zero-order valence-electron chi connectivity index (χ0n) is 8.41. The molecule has 1 aromatic rings. The monoisotopic (exact) mass is 204 g/mol. The van der Waals surface area contributed by atoms with E-state index in [0.29, 0.717) is 11.8 Å². The van der Waals surface area contributed by atoms with E-state index in [4.69, 9.17) is 5.73 Å². The molecule has 0 saturated heterocycles. The summed E-state index contributed by atoms with van der Waals surface area (Å²) < 4.78 is 13.2. The summed E-state index contributed by atoms with van der Waals surface area (Å²) in [6, 6.07) is 4.80. The Labute approximate surface area is 88.0 Å². The Morgan fingerprint density at radius 3 is 2.93 bits per heavy atom. The third kappa shape index (κ3) is 1.26. The van der Waals surface area contributed by atoms with Gasteiger partial charge >= 0.3 is 0 Å². The topological polar surface area (TPSA) is 38.4 Å². The van der Waals surface area contributed by atoms with Gasteiger partial charge < -0.3 is 5.73 Å². The maximum absolute atomic E-state index is 13.2. The molecule has 3 rings (SSSR count). The molecule has 15 heavy (non-hydrogen) atoms. The summed E-state index contributed by atoms with van der Waals surface area (Å²) >= 11 is 0. The van der Waals surface area contributed by atoms with Gasteiger partial charge in [-0.2, -0.15) is 0 Å². The molecule has 1 aromatic carbocycles. The van der Waals surface area contributed by atoms with Crippen molar-refractivity contribution in [1.82, 2.24) is 0 Å². The first-order chi connectivity index (χ1) is 7.25. The zero-order chi connectivity index (χ0) is 10.4. The Kier molecular flexibility index (Phi) is 1.81. The molecule has 0 bridgehead atoms. The Morgan fingerprint density at radius 2 is 2.07 bits per heavy atom. The van der Waals surface area contributed by atoms with E-state index < -0.39 is 0 Å². The second-order valence-electron chi connectivity index (χ2n) is 4.38. The quantitative estimate of drug-likeness (QED) is 0.693. The molecule has 78 valence electrons. The number of rotatable bonds is 0. The van der Waals surface area contributed by atoms with Crippen molar-refractivity contribution in [1.29, 1.82) is 0 Å². The zero-order valence-corrected chi connectivity index (χ0v) is 8.41. The van der Waals surface area contributed by atoms with Crippen LogP contribution in [0.3, 0.4) is 0 Å². The van der Waals surface area contributed by atoms with Crippen molar-refractivity contribution < 1.29 is 4.39 Å². The van der Waals surface area contributed by atoms with E-state index in [1.165, 1.54) is 12.5 Å². The van der Waals surface area contributed by atoms with Crippen LogP contribution in [0.15, 0.2) is 23.2 Å². The largest absolute Gasteiger partial charge is 0.387 e. The Morgan fingerprint density at radius 1 is 1.27 bits per heavy atom. The van der Waals surface area contributed by atoms with Crippen LogP contribution in [0.2, 0.25) is 0 Å². The van der Waals surface area contributed by atoms with Gasteiger partial charge in [0.25, 0.3) is 0 Å². The summed E-state index contributed by atoms with van der Waals surface area (Å²) in [4.78, 5) is 4.36. The Balaban J connectivity index is 2.17. The molecule has 0 aromatic heterocycles. The maximum atomic E-state index is 13.2. The molecular formula is C12H13FN2. The fraction of sp³-hybridized carbons (Fsp3) is 0.417. The predicted molar refractivity (Wildman–Crippen MR) is 57.8 cm³/mol. The van der Waals surface area contributed by atoms with Crippen LogP contribution in [0.5, 0.6) is 0 Å². The van der Waals surface area contributed by atoms with Gasteiger partial charge in [0.1, 0.15) is 11.7 Å². The first kappa shape index (κ1) is 8.89. The van der Waals surface area contributed by atoms with E-state index in [-0.39, 0.29) is 5.82 Å². The van der Waals surface area contributed by atoms with Crippen LogP contribution in [0, 0.1) is 11.7 Å². The summed E-state index contributed by atoms with van der Waals surface area (Å²) in [5.41, 5.74) is 7.84. The van der Waals surface area contributed by atoms with Gasteiger partial charge in [-0.15, -0.1) is 0 Å². The number of hydrogen-bond acceptors (Lipinski definition) is 2. The smallest absolute Gasteiger partial charge is 0.123 e. The molecule has 2 atom stereocenters. The van der Waals surface area contributed by atoms with Crippen LogP contribution >= 0.6 is 0 Å². The molecule has 0 spiro atoms. The normalized spacial score (nSPS) is 28.2. The summed E-state index contributed by atoms with van der Waals surface area (Å²) in [7, 11) is 0. The predicted octanol–water partition coefficient (Wildman–Crippen LogP) is 2.71. The fourth-order valence-corrected chi connectivity index (χ4v) is 2.83. The minimum atomic E-state index is -0.171. The standard InChI is InChI=1S/C12H13FN2/c13-7-4-5-11-10(6-7)8-2-1-3-9(8)12(14)15-11/h4-6,8-9H,1-3H2,(H2,14,15). The van der Waals surface area contributed by atoms with Crippen molar-refractivity contribution in [3.8, 4) is 0 Å². The number of aliphatic imine (C=N–C) groups is 1. The van der Waals surface area contributed by atoms with E-state index in [1.807, 2.05) is 0 Å². The Hall–Kier alpha value is -1.38. The van der Waals surface area contributed by atoms with Crippen molar-refractivity contribution in [2.45, 2.75) is 25.2 Å². The fourth-order valence-electron chi connectivity index (χ4n) is 2.83. The van der Waals surface area contributed by atoms with E-state index in [0.717, 1.165) is 29.9 Å². The average Bonchev–Trinajstić information content (AvgIpc) is 2.69. The van der Waals surface area contributed by atoms with Crippen LogP contribution in [0.1, 0.15) is 30.7 Å². The van der Waals surface area contributed by atoms with Crippen LogP contribution in [0.25, 0.3) is 0 Å². The van der Waals surface area contributed by atoms with Gasteiger partial charge in [0.15, 0.2) is 0 Å². The summed E-state index contributed by atoms with van der Waals surface area (Å²) in [6.07, 6.45) is 3.37. The van der Waals surface area contributed by atoms with Crippen molar-refractivity contribution in [2.24, 2.45) is 16.6 Å². The lowest BCUT2D eigenvalue weighted by atomic mass is 9.85. The van der Waals surface area contributed by atoms with E-state index >= 15 is 0 Å². The number of hydrogen-bond donors (Lipinski definition) is 1. The summed E-state index contributed by atoms with van der Waals surface area (Å²) in [5, 5.41) is 0. The number of benzene rings is 1. The lowest BCUT2D eigenvalue weighted by Gasteiger charge is -2.25. The molecule has 1 aliphatic heterocycles. The SMILES string of the molecule is NC1=Nc2ccc(F)cc2C2CCCC12. The van der Waals surface area contributed by atoms with Crippen molar-refractivity contribution >= 4 is 11.5 Å². The molecule has 0 amide bonds. The van der Waals surface area contributed by atoms with Gasteiger partial charge in [0, 0.05) is 5.92 Å². The third-order valence-electron chi connectivity index (χ3n) is 3.53. The van der Waals surface area contributed by atoms with Crippen LogP contribution in [-0.4, -0.2) is 5.84 Å². The molecule has 0 radical (unpaired) electrons. The molecule has 2 N–H and O–H groups in total. The molecule has 1 heterocycles. The molecule has 2 aliphatic rings. The van der Waals surface area contributed by atoms with E-state index in [1.54, 1.807) is 12.1 Å². The van der Waals surface area contributed by atoms with Crippen LogP contribution in [-0.2, 0) is 0 Å². The number of fused-ring (bicyclic) bond motifs is 3. The van der Waals surface area contributed by atoms with Crippen LogP contribution < -0.4 is 5.73 Å². The second-order valence-corrected chi connectivity index (χ2v) is 4.38. The lowest BCUT2D eigenvalue weighted by Crippen LogP contribution is -2.28. The molecular weight excluding hydrogens is 191 g/mol. The third-order valence-corrected chi connectivity index (χ3v) is 3.53. The highest BCUT2D eigenvalue weighted by Crippen LogP contribution is 2.46. The number of halogens is 1. The van der Waals surface area contributed by atoms with E-state index in [9.17, 15) is 4.39 Å². The molecule has 2 nitrogen and oxygen atoms in total. The van der Waals surface area contributed by atoms with Gasteiger partial charge in [0.05, 0.1) is 5.69 Å². The Bertz CT molecular complexity index is 439. The molecule has 2 unspecified atom stereocenters. The molecule has 3 heteroatoms. The van der Waals surface area contributed by atoms with Gasteiger partial charge in [-0.25, -0.2) is 9.38 Å². The van der Waals surface area contributed by atoms with Gasteiger partial charge in [-0.1, -0.05) is 6.42 Å². The summed E-state index contributed by atoms with van der Waals surface area (Å²) in [6.45, 7) is 0. The highest BCUT2D eigenvalue weighted by molar-refractivity contribution is 5.89. The highest BCUT2D eigenvalue weighted by atomic mass is 19.1. The van der Waals surface area contributed by atoms with Gasteiger partial charge in [0.2, 0.25) is 0 Å².